The molecule has 25 heavy (non-hydrogen) atoms. The molecule has 4 rings (SSSR count). The third-order valence-corrected chi connectivity index (χ3v) is 6.49. The van der Waals surface area contributed by atoms with Crippen LogP contribution in [0.15, 0.2) is 24.3 Å². The Bertz CT molecular complexity index is 757. The van der Waals surface area contributed by atoms with Crippen molar-refractivity contribution < 1.29 is 4.79 Å². The van der Waals surface area contributed by atoms with Gasteiger partial charge < -0.3 is 5.32 Å². The maximum atomic E-state index is 13.0. The fraction of sp³-hybridized carbons (Fsp3) is 0.526. The number of nitrogens with one attached hydrogen (secondary N) is 2. The van der Waals surface area contributed by atoms with Crippen molar-refractivity contribution in [3.63, 3.8) is 0 Å². The molecule has 1 aliphatic carbocycles. The third-order valence-electron chi connectivity index (χ3n) is 5.65. The van der Waals surface area contributed by atoms with Crippen LogP contribution in [0.3, 0.4) is 0 Å². The van der Waals surface area contributed by atoms with E-state index in [1.54, 1.807) is 0 Å². The van der Waals surface area contributed by atoms with Gasteiger partial charge in [0.15, 0.2) is 0 Å². The molecule has 2 heterocycles. The van der Waals surface area contributed by atoms with Crippen LogP contribution in [0.25, 0.3) is 0 Å². The van der Waals surface area contributed by atoms with E-state index in [1.165, 1.54) is 28.9 Å². The Morgan fingerprint density at radius 1 is 1.32 bits per heavy atom. The van der Waals surface area contributed by atoms with Crippen molar-refractivity contribution in [1.82, 2.24) is 15.5 Å². The molecule has 1 saturated heterocycles. The summed E-state index contributed by atoms with van der Waals surface area (Å²) in [6.07, 6.45) is 5.26. The first-order valence-corrected chi connectivity index (χ1v) is 9.87. The zero-order valence-electron chi connectivity index (χ0n) is 14.5. The van der Waals surface area contributed by atoms with Gasteiger partial charge in [-0.15, -0.1) is 10.2 Å². The average molecular weight is 356 g/mol. The van der Waals surface area contributed by atoms with Gasteiger partial charge in [0.2, 0.25) is 11.0 Å². The van der Waals surface area contributed by atoms with E-state index >= 15 is 0 Å². The molecule has 1 aromatic carbocycles. The number of carbonyl (C=O) groups excluding carboxylic acids is 1. The predicted octanol–water partition coefficient (Wildman–Crippen LogP) is 3.16. The molecule has 2 aliphatic rings. The summed E-state index contributed by atoms with van der Waals surface area (Å²) in [5.74, 6) is 0.585. The molecular formula is C19H24N4OS. The molecule has 2 fully saturated rings. The largest absolute Gasteiger partial charge is 0.315 e. The number of hydrogen-bond donors (Lipinski definition) is 2. The fourth-order valence-corrected chi connectivity index (χ4v) is 4.94. The van der Waals surface area contributed by atoms with Crippen LogP contribution in [-0.4, -0.2) is 29.2 Å². The topological polar surface area (TPSA) is 66.9 Å². The van der Waals surface area contributed by atoms with Gasteiger partial charge in [0, 0.05) is 13.0 Å². The minimum absolute atomic E-state index is 0.125. The van der Waals surface area contributed by atoms with Crippen LogP contribution in [0, 0.1) is 18.3 Å². The quantitative estimate of drug-likeness (QED) is 0.883. The number of benzene rings is 1. The molecule has 1 aromatic heterocycles. The fourth-order valence-electron chi connectivity index (χ4n) is 4.17. The van der Waals surface area contributed by atoms with Crippen molar-refractivity contribution in [2.24, 2.45) is 11.3 Å². The number of nitrogens with zero attached hydrogens (tertiary/aromatic N) is 2. The molecule has 1 amide bonds. The number of anilines is 1. The third kappa shape index (κ3) is 3.33. The lowest BCUT2D eigenvalue weighted by atomic mass is 9.68. The molecule has 2 N–H and O–H groups in total. The number of rotatable bonds is 4. The average Bonchev–Trinajstić information content (AvgIpc) is 3.24. The van der Waals surface area contributed by atoms with E-state index in [1.807, 2.05) is 0 Å². The van der Waals surface area contributed by atoms with Gasteiger partial charge in [0.1, 0.15) is 5.01 Å². The van der Waals surface area contributed by atoms with E-state index in [4.69, 9.17) is 0 Å². The first-order chi connectivity index (χ1) is 12.2. The lowest BCUT2D eigenvalue weighted by Gasteiger charge is -2.36. The van der Waals surface area contributed by atoms with Crippen molar-refractivity contribution in [3.8, 4) is 0 Å². The standard InChI is InChI=1S/C19H24N4OS/c1-13-5-7-14(8-6-13)10-16-22-23-18(25-16)21-17(24)19-9-3-2-4-15(19)11-20-12-19/h5-8,15,20H,2-4,9-12H2,1H3,(H,21,23,24)/t15-,19+/m0/s1. The van der Waals surface area contributed by atoms with Crippen molar-refractivity contribution in [3.05, 3.63) is 40.4 Å². The predicted molar refractivity (Wildman–Crippen MR) is 99.8 cm³/mol. The summed E-state index contributed by atoms with van der Waals surface area (Å²) < 4.78 is 0. The highest BCUT2D eigenvalue weighted by molar-refractivity contribution is 7.15. The summed E-state index contributed by atoms with van der Waals surface area (Å²) >= 11 is 1.48. The summed E-state index contributed by atoms with van der Waals surface area (Å²) in [4.78, 5) is 13.0. The van der Waals surface area contributed by atoms with Crippen LogP contribution < -0.4 is 10.6 Å². The molecule has 5 nitrogen and oxygen atoms in total. The first kappa shape index (κ1) is 16.7. The van der Waals surface area contributed by atoms with Crippen molar-refractivity contribution in [1.29, 1.82) is 0 Å². The highest BCUT2D eigenvalue weighted by atomic mass is 32.1. The maximum Gasteiger partial charge on any atom is 0.234 e. The summed E-state index contributed by atoms with van der Waals surface area (Å²) in [6.45, 7) is 3.83. The molecule has 0 unspecified atom stereocenters. The molecule has 6 heteroatoms. The Hall–Kier alpha value is -1.79. The number of carbonyl (C=O) groups is 1. The Labute approximate surface area is 152 Å². The smallest absolute Gasteiger partial charge is 0.234 e. The molecule has 0 radical (unpaired) electrons. The van der Waals surface area contributed by atoms with Gasteiger partial charge in [-0.05, 0) is 37.8 Å². The van der Waals surface area contributed by atoms with Crippen molar-refractivity contribution in [2.75, 3.05) is 18.4 Å². The number of aryl methyl sites for hydroxylation is 1. The monoisotopic (exact) mass is 356 g/mol. The molecule has 1 saturated carbocycles. The van der Waals surface area contributed by atoms with Gasteiger partial charge in [-0.3, -0.25) is 10.1 Å². The minimum Gasteiger partial charge on any atom is -0.315 e. The van der Waals surface area contributed by atoms with E-state index in [9.17, 15) is 4.79 Å². The Morgan fingerprint density at radius 2 is 2.16 bits per heavy atom. The Morgan fingerprint density at radius 3 is 3.00 bits per heavy atom. The van der Waals surface area contributed by atoms with E-state index in [0.29, 0.717) is 11.0 Å². The molecule has 0 bridgehead atoms. The van der Waals surface area contributed by atoms with Crippen molar-refractivity contribution >= 4 is 22.4 Å². The van der Waals surface area contributed by atoms with E-state index in [-0.39, 0.29) is 11.3 Å². The molecule has 1 aliphatic heterocycles. The van der Waals surface area contributed by atoms with Crippen LogP contribution in [0.2, 0.25) is 0 Å². The van der Waals surface area contributed by atoms with Gasteiger partial charge in [0.25, 0.3) is 0 Å². The second-order valence-corrected chi connectivity index (χ2v) is 8.41. The van der Waals surface area contributed by atoms with Crippen LogP contribution in [0.5, 0.6) is 0 Å². The summed E-state index contributed by atoms with van der Waals surface area (Å²) in [6, 6.07) is 8.44. The van der Waals surface area contributed by atoms with Crippen LogP contribution in [-0.2, 0) is 11.2 Å². The van der Waals surface area contributed by atoms with Crippen molar-refractivity contribution in [2.45, 2.75) is 39.0 Å². The second-order valence-electron chi connectivity index (χ2n) is 7.35. The number of fused-ring (bicyclic) bond motifs is 1. The number of hydrogen-bond acceptors (Lipinski definition) is 5. The van der Waals surface area contributed by atoms with Gasteiger partial charge in [0.05, 0.1) is 5.41 Å². The van der Waals surface area contributed by atoms with Crippen LogP contribution in [0.4, 0.5) is 5.13 Å². The molecule has 132 valence electrons. The minimum atomic E-state index is -0.249. The summed E-state index contributed by atoms with van der Waals surface area (Å²) in [7, 11) is 0. The SMILES string of the molecule is Cc1ccc(Cc2nnc(NC(=O)[C@@]34CCCC[C@H]3CNC4)s2)cc1. The van der Waals surface area contributed by atoms with Gasteiger partial charge in [-0.25, -0.2) is 0 Å². The highest BCUT2D eigenvalue weighted by Gasteiger charge is 2.50. The van der Waals surface area contributed by atoms with Gasteiger partial charge >= 0.3 is 0 Å². The molecule has 0 spiro atoms. The molecular weight excluding hydrogens is 332 g/mol. The van der Waals surface area contributed by atoms with E-state index in [0.717, 1.165) is 43.8 Å². The first-order valence-electron chi connectivity index (χ1n) is 9.06. The van der Waals surface area contributed by atoms with Crippen LogP contribution in [0.1, 0.15) is 41.8 Å². The highest BCUT2D eigenvalue weighted by Crippen LogP contribution is 2.44. The number of amides is 1. The lowest BCUT2D eigenvalue weighted by Crippen LogP contribution is -2.44. The normalized spacial score (nSPS) is 25.6. The maximum absolute atomic E-state index is 13.0. The summed E-state index contributed by atoms with van der Waals surface area (Å²) in [5.41, 5.74) is 2.21. The van der Waals surface area contributed by atoms with E-state index < -0.39 is 0 Å². The zero-order valence-corrected chi connectivity index (χ0v) is 15.4. The molecule has 2 atom stereocenters. The Balaban J connectivity index is 1.44. The van der Waals surface area contributed by atoms with E-state index in [2.05, 4.69) is 52.0 Å². The Kier molecular flexibility index (Phi) is 4.56. The number of aromatic nitrogens is 2. The van der Waals surface area contributed by atoms with Gasteiger partial charge in [-0.1, -0.05) is 54.0 Å². The lowest BCUT2D eigenvalue weighted by molar-refractivity contribution is -0.128. The van der Waals surface area contributed by atoms with Crippen LogP contribution >= 0.6 is 11.3 Å². The summed E-state index contributed by atoms with van der Waals surface area (Å²) in [5, 5.41) is 16.5. The zero-order chi connectivity index (χ0) is 17.3. The van der Waals surface area contributed by atoms with Gasteiger partial charge in [-0.2, -0.15) is 0 Å². The second kappa shape index (κ2) is 6.84. The molecule has 2 aromatic rings.